The van der Waals surface area contributed by atoms with E-state index in [0.717, 1.165) is 5.75 Å². The van der Waals surface area contributed by atoms with Crippen molar-refractivity contribution in [3.8, 4) is 0 Å². The highest BCUT2D eigenvalue weighted by Gasteiger charge is 2.03. The predicted molar refractivity (Wildman–Crippen MR) is 59.6 cm³/mol. The van der Waals surface area contributed by atoms with E-state index in [1.165, 1.54) is 0 Å². The zero-order valence-electron chi connectivity index (χ0n) is 8.69. The molecule has 0 aromatic heterocycles. The third-order valence-electron chi connectivity index (χ3n) is 1.82. The van der Waals surface area contributed by atoms with Gasteiger partial charge in [0.15, 0.2) is 0 Å². The van der Waals surface area contributed by atoms with Crippen LogP contribution in [0.1, 0.15) is 20.3 Å². The fourth-order valence-corrected chi connectivity index (χ4v) is 1.83. The smallest absolute Gasteiger partial charge is 0.331 e. The van der Waals surface area contributed by atoms with Crippen molar-refractivity contribution in [2.24, 2.45) is 5.92 Å². The molecular formula is C10H18O3S. The minimum Gasteiger partial charge on any atom is -0.478 e. The van der Waals surface area contributed by atoms with E-state index in [1.807, 2.05) is 13.8 Å². The van der Waals surface area contributed by atoms with E-state index in [0.29, 0.717) is 17.7 Å². The first-order chi connectivity index (χ1) is 6.61. The number of carboxylic acid groups (broad SMARTS) is 1. The van der Waals surface area contributed by atoms with Crippen molar-refractivity contribution >= 4 is 17.7 Å². The van der Waals surface area contributed by atoms with Gasteiger partial charge in [-0.2, -0.15) is 11.8 Å². The van der Waals surface area contributed by atoms with Gasteiger partial charge < -0.3 is 10.2 Å². The molecule has 0 saturated heterocycles. The summed E-state index contributed by atoms with van der Waals surface area (Å²) >= 11 is 1.65. The minimum atomic E-state index is -0.830. The molecule has 1 atom stereocenters. The summed E-state index contributed by atoms with van der Waals surface area (Å²) < 4.78 is 0. The number of carboxylic acids is 1. The summed E-state index contributed by atoms with van der Waals surface area (Å²) in [6.07, 6.45) is 2.31. The monoisotopic (exact) mass is 218 g/mol. The average Bonchev–Trinajstić information content (AvgIpc) is 2.16. The molecule has 0 amide bonds. The SMILES string of the molecule is CCC(=CCSCC(C)CO)C(=O)O. The Kier molecular flexibility index (Phi) is 7.61. The number of aliphatic carboxylic acids is 1. The van der Waals surface area contributed by atoms with E-state index in [2.05, 4.69) is 0 Å². The maximum absolute atomic E-state index is 10.6. The second-order valence-corrected chi connectivity index (χ2v) is 4.29. The van der Waals surface area contributed by atoms with Gasteiger partial charge in [-0.25, -0.2) is 4.79 Å². The molecule has 0 radical (unpaired) electrons. The van der Waals surface area contributed by atoms with Crippen LogP contribution < -0.4 is 0 Å². The Bertz CT molecular complexity index is 202. The van der Waals surface area contributed by atoms with Crippen LogP contribution in [-0.2, 0) is 4.79 Å². The minimum absolute atomic E-state index is 0.191. The number of thioether (sulfide) groups is 1. The lowest BCUT2D eigenvalue weighted by Gasteiger charge is -2.05. The highest BCUT2D eigenvalue weighted by Crippen LogP contribution is 2.10. The lowest BCUT2D eigenvalue weighted by Crippen LogP contribution is -2.04. The van der Waals surface area contributed by atoms with E-state index in [-0.39, 0.29) is 12.5 Å². The van der Waals surface area contributed by atoms with Crippen LogP contribution >= 0.6 is 11.8 Å². The molecule has 1 unspecified atom stereocenters. The molecule has 0 saturated carbocycles. The van der Waals surface area contributed by atoms with E-state index in [4.69, 9.17) is 10.2 Å². The fraction of sp³-hybridized carbons (Fsp3) is 0.700. The molecule has 0 aliphatic heterocycles. The van der Waals surface area contributed by atoms with Gasteiger partial charge >= 0.3 is 5.97 Å². The van der Waals surface area contributed by atoms with Crippen LogP contribution in [0.2, 0.25) is 0 Å². The Morgan fingerprint density at radius 2 is 2.21 bits per heavy atom. The van der Waals surface area contributed by atoms with E-state index in [9.17, 15) is 4.79 Å². The molecule has 3 nitrogen and oxygen atoms in total. The normalized spacial score (nSPS) is 14.1. The molecular weight excluding hydrogens is 200 g/mol. The van der Waals surface area contributed by atoms with Crippen molar-refractivity contribution in [1.82, 2.24) is 0 Å². The van der Waals surface area contributed by atoms with Crippen LogP contribution in [0, 0.1) is 5.92 Å². The summed E-state index contributed by atoms with van der Waals surface area (Å²) in [5.41, 5.74) is 0.467. The summed E-state index contributed by atoms with van der Waals surface area (Å²) in [7, 11) is 0. The number of aliphatic hydroxyl groups is 1. The Morgan fingerprint density at radius 3 is 2.64 bits per heavy atom. The first kappa shape index (κ1) is 13.5. The highest BCUT2D eigenvalue weighted by molar-refractivity contribution is 7.99. The zero-order valence-corrected chi connectivity index (χ0v) is 9.51. The number of hydrogen-bond acceptors (Lipinski definition) is 3. The Morgan fingerprint density at radius 1 is 1.57 bits per heavy atom. The van der Waals surface area contributed by atoms with Gasteiger partial charge in [0.05, 0.1) is 0 Å². The van der Waals surface area contributed by atoms with Gasteiger partial charge in [-0.15, -0.1) is 0 Å². The summed E-state index contributed by atoms with van der Waals surface area (Å²) in [6.45, 7) is 3.99. The van der Waals surface area contributed by atoms with Gasteiger partial charge in [0.25, 0.3) is 0 Å². The number of hydrogen-bond donors (Lipinski definition) is 2. The second kappa shape index (κ2) is 7.88. The molecule has 0 spiro atoms. The van der Waals surface area contributed by atoms with Crippen LogP contribution in [0.5, 0.6) is 0 Å². The molecule has 0 rings (SSSR count). The summed E-state index contributed by atoms with van der Waals surface area (Å²) in [5.74, 6) is 1.02. The molecule has 0 fully saturated rings. The third-order valence-corrected chi connectivity index (χ3v) is 3.02. The van der Waals surface area contributed by atoms with E-state index >= 15 is 0 Å². The molecule has 0 heterocycles. The van der Waals surface area contributed by atoms with Crippen molar-refractivity contribution in [2.45, 2.75) is 20.3 Å². The van der Waals surface area contributed by atoms with E-state index < -0.39 is 5.97 Å². The van der Waals surface area contributed by atoms with Gasteiger partial charge in [0.1, 0.15) is 0 Å². The first-order valence-electron chi connectivity index (χ1n) is 4.72. The third kappa shape index (κ3) is 6.05. The highest BCUT2D eigenvalue weighted by atomic mass is 32.2. The van der Waals surface area contributed by atoms with Crippen molar-refractivity contribution in [2.75, 3.05) is 18.1 Å². The molecule has 14 heavy (non-hydrogen) atoms. The van der Waals surface area contributed by atoms with Gasteiger partial charge in [-0.1, -0.05) is 19.9 Å². The largest absolute Gasteiger partial charge is 0.478 e. The van der Waals surface area contributed by atoms with Crippen LogP contribution in [0.15, 0.2) is 11.6 Å². The molecule has 0 bridgehead atoms. The lowest BCUT2D eigenvalue weighted by molar-refractivity contribution is -0.132. The van der Waals surface area contributed by atoms with Crippen molar-refractivity contribution in [1.29, 1.82) is 0 Å². The van der Waals surface area contributed by atoms with Crippen molar-refractivity contribution in [3.63, 3.8) is 0 Å². The molecule has 4 heteroatoms. The predicted octanol–water partition coefficient (Wildman–Crippen LogP) is 1.77. The maximum atomic E-state index is 10.6. The number of aliphatic hydroxyl groups excluding tert-OH is 1. The molecule has 0 aliphatic rings. The van der Waals surface area contributed by atoms with Gasteiger partial charge in [-0.05, 0) is 18.1 Å². The standard InChI is InChI=1S/C10H18O3S/c1-3-9(10(12)13)4-5-14-7-8(2)6-11/h4,8,11H,3,5-7H2,1-2H3,(H,12,13). The van der Waals surface area contributed by atoms with Gasteiger partial charge in [0.2, 0.25) is 0 Å². The van der Waals surface area contributed by atoms with Crippen molar-refractivity contribution < 1.29 is 15.0 Å². The fourth-order valence-electron chi connectivity index (χ4n) is 0.864. The van der Waals surface area contributed by atoms with Gasteiger partial charge in [0, 0.05) is 17.9 Å². The lowest BCUT2D eigenvalue weighted by atomic mass is 10.2. The summed E-state index contributed by atoms with van der Waals surface area (Å²) in [6, 6.07) is 0. The summed E-state index contributed by atoms with van der Waals surface area (Å²) in [4.78, 5) is 10.6. The molecule has 2 N–H and O–H groups in total. The molecule has 0 aromatic carbocycles. The molecule has 82 valence electrons. The quantitative estimate of drug-likeness (QED) is 0.505. The maximum Gasteiger partial charge on any atom is 0.331 e. The Labute approximate surface area is 89.2 Å². The topological polar surface area (TPSA) is 57.5 Å². The van der Waals surface area contributed by atoms with Crippen LogP contribution in [0.4, 0.5) is 0 Å². The summed E-state index contributed by atoms with van der Waals surface area (Å²) in [5, 5.41) is 17.5. The number of carbonyl (C=O) groups is 1. The number of rotatable bonds is 7. The Balaban J connectivity index is 3.74. The average molecular weight is 218 g/mol. The van der Waals surface area contributed by atoms with Crippen molar-refractivity contribution in [3.05, 3.63) is 11.6 Å². The van der Waals surface area contributed by atoms with Crippen LogP contribution in [-0.4, -0.2) is 34.3 Å². The second-order valence-electron chi connectivity index (χ2n) is 3.21. The molecule has 0 aliphatic carbocycles. The van der Waals surface area contributed by atoms with Gasteiger partial charge in [-0.3, -0.25) is 0 Å². The first-order valence-corrected chi connectivity index (χ1v) is 5.88. The zero-order chi connectivity index (χ0) is 11.0. The van der Waals surface area contributed by atoms with Crippen LogP contribution in [0.25, 0.3) is 0 Å². The molecule has 0 aromatic rings. The van der Waals surface area contributed by atoms with Crippen LogP contribution in [0.3, 0.4) is 0 Å². The van der Waals surface area contributed by atoms with E-state index in [1.54, 1.807) is 17.8 Å². The Hall–Kier alpha value is -0.480.